The lowest BCUT2D eigenvalue weighted by atomic mass is 9.71. The maximum atomic E-state index is 14.1. The third-order valence-electron chi connectivity index (χ3n) is 5.13. The Balaban J connectivity index is 1.84. The van der Waals surface area contributed by atoms with Gasteiger partial charge in [-0.3, -0.25) is 0 Å². The van der Waals surface area contributed by atoms with Crippen LogP contribution in [-0.2, 0) is 5.41 Å². The zero-order valence-electron chi connectivity index (χ0n) is 13.8. The molecule has 1 aliphatic carbocycles. The Morgan fingerprint density at radius 2 is 1.84 bits per heavy atom. The normalized spacial score (nSPS) is 17.1. The average molecular weight is 363 g/mol. The number of nitrogens with zero attached hydrogens (tertiary/aromatic N) is 4. The van der Waals surface area contributed by atoms with Crippen LogP contribution in [0.3, 0.4) is 0 Å². The van der Waals surface area contributed by atoms with Gasteiger partial charge in [0.1, 0.15) is 11.6 Å². The first-order valence-electron chi connectivity index (χ1n) is 8.36. The minimum atomic E-state index is -0.712. The van der Waals surface area contributed by atoms with E-state index in [-0.39, 0.29) is 16.8 Å². The highest BCUT2D eigenvalue weighted by Gasteiger charge is 2.32. The number of benzene rings is 1. The summed E-state index contributed by atoms with van der Waals surface area (Å²) in [6.45, 7) is 2.20. The molecule has 4 nitrogen and oxygen atoms in total. The summed E-state index contributed by atoms with van der Waals surface area (Å²) in [6, 6.07) is 5.21. The second-order valence-corrected chi connectivity index (χ2v) is 7.25. The van der Waals surface area contributed by atoms with Gasteiger partial charge in [0.05, 0.1) is 5.56 Å². The number of hydrogen-bond acceptors (Lipinski definition) is 3. The monoisotopic (exact) mass is 362 g/mol. The molecule has 0 radical (unpaired) electrons. The molecule has 0 bridgehead atoms. The Bertz CT molecular complexity index is 948. The van der Waals surface area contributed by atoms with Crippen molar-refractivity contribution in [3.63, 3.8) is 0 Å². The van der Waals surface area contributed by atoms with E-state index < -0.39 is 11.6 Å². The quantitative estimate of drug-likeness (QED) is 0.648. The van der Waals surface area contributed by atoms with Crippen molar-refractivity contribution in [3.05, 3.63) is 46.6 Å². The Morgan fingerprint density at radius 3 is 2.56 bits per heavy atom. The first-order valence-corrected chi connectivity index (χ1v) is 8.74. The summed E-state index contributed by atoms with van der Waals surface area (Å²) in [5, 5.41) is 12.9. The van der Waals surface area contributed by atoms with Gasteiger partial charge in [0, 0.05) is 11.6 Å². The summed E-state index contributed by atoms with van der Waals surface area (Å²) in [4.78, 5) is 0. The number of halogens is 3. The molecule has 0 N–H and O–H groups in total. The Morgan fingerprint density at radius 1 is 1.08 bits per heavy atom. The number of rotatable bonds is 2. The molecular weight excluding hydrogens is 346 g/mol. The molecule has 0 amide bonds. The highest BCUT2D eigenvalue weighted by molar-refractivity contribution is 6.30. The second-order valence-electron chi connectivity index (χ2n) is 6.89. The molecule has 1 aliphatic rings. The summed E-state index contributed by atoms with van der Waals surface area (Å²) < 4.78 is 28.7. The SMILES string of the molecule is CC1(c2cc3nnc(-c4ccc(F)cc4F)n3nc2Cl)CCCCC1. The van der Waals surface area contributed by atoms with Gasteiger partial charge in [-0.2, -0.15) is 9.61 Å². The molecule has 7 heteroatoms. The molecule has 25 heavy (non-hydrogen) atoms. The van der Waals surface area contributed by atoms with E-state index in [1.807, 2.05) is 6.07 Å². The average Bonchev–Trinajstić information content (AvgIpc) is 2.97. The van der Waals surface area contributed by atoms with E-state index in [1.54, 1.807) is 0 Å². The minimum absolute atomic E-state index is 0.0304. The van der Waals surface area contributed by atoms with E-state index >= 15 is 0 Å². The summed E-state index contributed by atoms with van der Waals surface area (Å²) >= 11 is 6.47. The lowest BCUT2D eigenvalue weighted by Gasteiger charge is -2.34. The minimum Gasteiger partial charge on any atom is -0.207 e. The topological polar surface area (TPSA) is 43.1 Å². The smallest absolute Gasteiger partial charge is 0.188 e. The molecule has 0 spiro atoms. The van der Waals surface area contributed by atoms with Crippen molar-refractivity contribution < 1.29 is 8.78 Å². The second kappa shape index (κ2) is 6.02. The van der Waals surface area contributed by atoms with Crippen LogP contribution in [0.5, 0.6) is 0 Å². The standard InChI is InChI=1S/C18H17ClF2N4/c1-18(7-3-2-4-8-18)13-10-15-22-23-17(25(15)24-16(13)19)12-6-5-11(20)9-14(12)21/h5-6,9-10H,2-4,7-8H2,1H3. The van der Waals surface area contributed by atoms with Crippen molar-refractivity contribution in [2.24, 2.45) is 0 Å². The molecule has 0 aliphatic heterocycles. The van der Waals surface area contributed by atoms with Crippen LogP contribution in [-0.4, -0.2) is 19.8 Å². The van der Waals surface area contributed by atoms with Crippen LogP contribution in [0.1, 0.15) is 44.6 Å². The lowest BCUT2D eigenvalue weighted by Crippen LogP contribution is -2.26. The van der Waals surface area contributed by atoms with E-state index in [4.69, 9.17) is 11.6 Å². The van der Waals surface area contributed by atoms with Crippen LogP contribution in [0.25, 0.3) is 17.0 Å². The van der Waals surface area contributed by atoms with E-state index in [0.717, 1.165) is 37.3 Å². The van der Waals surface area contributed by atoms with Crippen LogP contribution in [0, 0.1) is 11.6 Å². The Labute approximate surface area is 148 Å². The first kappa shape index (κ1) is 16.4. The molecule has 1 fully saturated rings. The number of fused-ring (bicyclic) bond motifs is 1. The summed E-state index contributed by atoms with van der Waals surface area (Å²) in [5.41, 5.74) is 1.57. The highest BCUT2D eigenvalue weighted by atomic mass is 35.5. The molecule has 1 saturated carbocycles. The number of hydrogen-bond donors (Lipinski definition) is 0. The van der Waals surface area contributed by atoms with Gasteiger partial charge in [-0.15, -0.1) is 10.2 Å². The van der Waals surface area contributed by atoms with Gasteiger partial charge in [-0.05, 0) is 36.5 Å². The van der Waals surface area contributed by atoms with Crippen molar-refractivity contribution >= 4 is 17.2 Å². The highest BCUT2D eigenvalue weighted by Crippen LogP contribution is 2.41. The van der Waals surface area contributed by atoms with Crippen LogP contribution in [0.2, 0.25) is 5.15 Å². The van der Waals surface area contributed by atoms with E-state index in [0.29, 0.717) is 10.8 Å². The summed E-state index contributed by atoms with van der Waals surface area (Å²) in [6.07, 6.45) is 5.67. The Kier molecular flexibility index (Phi) is 3.95. The van der Waals surface area contributed by atoms with E-state index in [1.165, 1.54) is 23.1 Å². The van der Waals surface area contributed by atoms with Crippen LogP contribution in [0.4, 0.5) is 8.78 Å². The predicted octanol–water partition coefficient (Wildman–Crippen LogP) is 4.94. The third-order valence-corrected chi connectivity index (χ3v) is 5.41. The summed E-state index contributed by atoms with van der Waals surface area (Å²) in [5.74, 6) is -1.15. The summed E-state index contributed by atoms with van der Waals surface area (Å²) in [7, 11) is 0. The lowest BCUT2D eigenvalue weighted by molar-refractivity contribution is 0.318. The molecule has 0 saturated heterocycles. The van der Waals surface area contributed by atoms with Crippen molar-refractivity contribution in [1.29, 1.82) is 0 Å². The zero-order valence-corrected chi connectivity index (χ0v) is 14.5. The molecule has 0 unspecified atom stereocenters. The zero-order chi connectivity index (χ0) is 17.6. The predicted molar refractivity (Wildman–Crippen MR) is 91.6 cm³/mol. The molecule has 4 rings (SSSR count). The maximum Gasteiger partial charge on any atom is 0.188 e. The van der Waals surface area contributed by atoms with Crippen LogP contribution >= 0.6 is 11.6 Å². The third kappa shape index (κ3) is 2.78. The molecule has 1 aromatic carbocycles. The molecule has 2 aromatic heterocycles. The van der Waals surface area contributed by atoms with Gasteiger partial charge in [-0.1, -0.05) is 37.8 Å². The molecule has 130 valence electrons. The van der Waals surface area contributed by atoms with Crippen molar-refractivity contribution in [3.8, 4) is 11.4 Å². The first-order chi connectivity index (χ1) is 12.0. The van der Waals surface area contributed by atoms with Crippen LogP contribution < -0.4 is 0 Å². The van der Waals surface area contributed by atoms with Gasteiger partial charge >= 0.3 is 0 Å². The van der Waals surface area contributed by atoms with Gasteiger partial charge < -0.3 is 0 Å². The molecule has 0 atom stereocenters. The number of aromatic nitrogens is 4. The van der Waals surface area contributed by atoms with Crippen LogP contribution in [0.15, 0.2) is 24.3 Å². The fourth-order valence-corrected chi connectivity index (χ4v) is 4.03. The molecule has 3 aromatic rings. The fraction of sp³-hybridized carbons (Fsp3) is 0.389. The largest absolute Gasteiger partial charge is 0.207 e. The van der Waals surface area contributed by atoms with Gasteiger partial charge in [0.15, 0.2) is 16.6 Å². The van der Waals surface area contributed by atoms with Crippen molar-refractivity contribution in [2.75, 3.05) is 0 Å². The van der Waals surface area contributed by atoms with E-state index in [9.17, 15) is 8.78 Å². The maximum absolute atomic E-state index is 14.1. The van der Waals surface area contributed by atoms with Gasteiger partial charge in [-0.25, -0.2) is 8.78 Å². The molecule has 2 heterocycles. The van der Waals surface area contributed by atoms with Gasteiger partial charge in [0.25, 0.3) is 0 Å². The van der Waals surface area contributed by atoms with E-state index in [2.05, 4.69) is 22.2 Å². The van der Waals surface area contributed by atoms with Crippen molar-refractivity contribution in [1.82, 2.24) is 19.8 Å². The van der Waals surface area contributed by atoms with Crippen molar-refractivity contribution in [2.45, 2.75) is 44.4 Å². The van der Waals surface area contributed by atoms with Gasteiger partial charge in [0.2, 0.25) is 0 Å². The molecular formula is C18H17ClF2N4. The Hall–Kier alpha value is -2.08. The fourth-order valence-electron chi connectivity index (χ4n) is 3.67.